The van der Waals surface area contributed by atoms with Gasteiger partial charge in [-0.15, -0.1) is 11.3 Å². The summed E-state index contributed by atoms with van der Waals surface area (Å²) in [6, 6.07) is 15.0. The van der Waals surface area contributed by atoms with Crippen LogP contribution in [-0.4, -0.2) is 70.6 Å². The van der Waals surface area contributed by atoms with Crippen molar-refractivity contribution < 1.29 is 34.1 Å². The van der Waals surface area contributed by atoms with Crippen molar-refractivity contribution in [2.75, 3.05) is 31.8 Å². The molecule has 2 aromatic carbocycles. The molecule has 1 amide bonds. The van der Waals surface area contributed by atoms with E-state index in [1.54, 1.807) is 23.5 Å². The molecule has 2 aliphatic heterocycles. The summed E-state index contributed by atoms with van der Waals surface area (Å²) in [7, 11) is 0. The molecular formula is C33H44N4O7S. The van der Waals surface area contributed by atoms with Crippen molar-refractivity contribution in [3.05, 3.63) is 75.7 Å². The summed E-state index contributed by atoms with van der Waals surface area (Å²) < 4.78 is 23.9. The normalized spacial score (nSPS) is 21.4. The van der Waals surface area contributed by atoms with E-state index >= 15 is 0 Å². The molecule has 11 nitrogen and oxygen atoms in total. The largest absolute Gasteiger partial charge is 0.487 e. The number of fused-ring (bicyclic) bond motifs is 1. The number of rotatable bonds is 15. The van der Waals surface area contributed by atoms with Crippen LogP contribution >= 0.6 is 11.3 Å². The van der Waals surface area contributed by atoms with Crippen LogP contribution in [0.1, 0.15) is 42.1 Å². The number of aryl methyl sites for hydroxylation is 1. The molecule has 45 heavy (non-hydrogen) atoms. The molecule has 5 unspecified atom stereocenters. The minimum absolute atomic E-state index is 0.0553. The molecule has 5 atom stereocenters. The quantitative estimate of drug-likeness (QED) is 0.172. The van der Waals surface area contributed by atoms with Gasteiger partial charge in [-0.25, -0.2) is 9.78 Å². The fraction of sp³-hybridized carbons (Fsp3) is 0.515. The lowest BCUT2D eigenvalue weighted by Crippen LogP contribution is -2.60. The zero-order valence-electron chi connectivity index (χ0n) is 26.1. The Balaban J connectivity index is 1.41. The predicted octanol–water partition coefficient (Wildman–Crippen LogP) is 4.74. The lowest BCUT2D eigenvalue weighted by atomic mass is 9.72. The Morgan fingerprint density at radius 3 is 2.53 bits per heavy atom. The second-order valence-corrected chi connectivity index (χ2v) is 13.4. The lowest BCUT2D eigenvalue weighted by Gasteiger charge is -2.44. The van der Waals surface area contributed by atoms with Gasteiger partial charge in [0.25, 0.3) is 0 Å². The van der Waals surface area contributed by atoms with Gasteiger partial charge in [-0.05, 0) is 54.7 Å². The summed E-state index contributed by atoms with van der Waals surface area (Å²) >= 11 is 1.58. The number of carbonyl (C=O) groups is 1. The van der Waals surface area contributed by atoms with Gasteiger partial charge in [-0.2, -0.15) is 0 Å². The predicted molar refractivity (Wildman–Crippen MR) is 170 cm³/mol. The van der Waals surface area contributed by atoms with Crippen LogP contribution in [0.3, 0.4) is 0 Å². The maximum Gasteiger partial charge on any atom is 0.405 e. The number of carbonyl (C=O) groups excluding carboxylic acids is 1. The zero-order chi connectivity index (χ0) is 32.0. The fourth-order valence-electron chi connectivity index (χ4n) is 6.55. The summed E-state index contributed by atoms with van der Waals surface area (Å²) in [6.07, 6.45) is -1.49. The number of amides is 1. The van der Waals surface area contributed by atoms with Gasteiger partial charge >= 0.3 is 6.09 Å². The van der Waals surface area contributed by atoms with E-state index in [9.17, 15) is 15.1 Å². The Morgan fingerprint density at radius 2 is 1.89 bits per heavy atom. The SMILES string of the molecule is Cc1nc(COc2ccc(CC(OC(N)=O)(C(O)CN(Cc3ccc(NO)cc3)CC(C)C)C3COC4OCCC43)cc2)cs1. The Kier molecular flexibility index (Phi) is 11.0. The highest BCUT2D eigenvalue weighted by Crippen LogP contribution is 2.46. The van der Waals surface area contributed by atoms with E-state index in [0.717, 1.165) is 28.2 Å². The number of hydrogen-bond donors (Lipinski definition) is 4. The van der Waals surface area contributed by atoms with Crippen LogP contribution in [-0.2, 0) is 33.8 Å². The van der Waals surface area contributed by atoms with Gasteiger partial charge < -0.3 is 29.8 Å². The average molecular weight is 641 g/mol. The fourth-order valence-corrected chi connectivity index (χ4v) is 7.14. The van der Waals surface area contributed by atoms with Crippen molar-refractivity contribution in [1.82, 2.24) is 9.88 Å². The maximum absolute atomic E-state index is 12.6. The standard InChI is InChI=1S/C33H44N4O7S/c1-21(2)15-37(16-24-4-8-25(36-40)9-5-24)17-30(38)33(44-32(34)39,29-19-43-31-28(29)12-13-41-31)14-23-6-10-27(11-7-23)42-18-26-20-45-22(3)35-26/h4-11,20-21,28-31,36,38,40H,12-19H2,1-3H3,(H2,34,39). The molecule has 0 saturated carbocycles. The number of ether oxygens (including phenoxy) is 4. The summed E-state index contributed by atoms with van der Waals surface area (Å²) in [5, 5.41) is 24.4. The molecule has 0 bridgehead atoms. The van der Waals surface area contributed by atoms with Crippen LogP contribution in [0.4, 0.5) is 10.5 Å². The van der Waals surface area contributed by atoms with Crippen LogP contribution in [0, 0.1) is 24.7 Å². The van der Waals surface area contributed by atoms with Crippen molar-refractivity contribution in [3.63, 3.8) is 0 Å². The van der Waals surface area contributed by atoms with Gasteiger partial charge in [-0.1, -0.05) is 38.1 Å². The van der Waals surface area contributed by atoms with E-state index in [-0.39, 0.29) is 31.4 Å². The van der Waals surface area contributed by atoms with Crippen molar-refractivity contribution in [2.45, 2.75) is 64.8 Å². The number of benzene rings is 2. The van der Waals surface area contributed by atoms with Crippen molar-refractivity contribution in [2.24, 2.45) is 23.5 Å². The number of nitrogens with one attached hydrogen (secondary N) is 1. The topological polar surface area (TPSA) is 149 Å². The Hall–Kier alpha value is -3.26. The number of thiazole rings is 1. The van der Waals surface area contributed by atoms with E-state index in [1.807, 2.05) is 48.7 Å². The smallest absolute Gasteiger partial charge is 0.405 e. The molecule has 244 valence electrons. The van der Waals surface area contributed by atoms with E-state index in [2.05, 4.69) is 29.2 Å². The van der Waals surface area contributed by atoms with Crippen LogP contribution in [0.15, 0.2) is 53.9 Å². The summed E-state index contributed by atoms with van der Waals surface area (Å²) in [5.74, 6) is 0.600. The molecule has 3 aromatic rings. The molecule has 2 aliphatic rings. The molecule has 1 aromatic heterocycles. The zero-order valence-corrected chi connectivity index (χ0v) is 26.9. The number of anilines is 1. The van der Waals surface area contributed by atoms with E-state index in [0.29, 0.717) is 43.7 Å². The van der Waals surface area contributed by atoms with E-state index in [4.69, 9.17) is 24.7 Å². The van der Waals surface area contributed by atoms with Gasteiger partial charge in [0.1, 0.15) is 18.5 Å². The molecule has 5 rings (SSSR count). The van der Waals surface area contributed by atoms with Gasteiger partial charge in [0.05, 0.1) is 29.6 Å². The van der Waals surface area contributed by atoms with Crippen molar-refractivity contribution >= 4 is 23.1 Å². The van der Waals surface area contributed by atoms with Gasteiger partial charge in [0.15, 0.2) is 11.9 Å². The van der Waals surface area contributed by atoms with Gasteiger partial charge in [0.2, 0.25) is 0 Å². The first kappa shape index (κ1) is 33.1. The third-order valence-electron chi connectivity index (χ3n) is 8.52. The highest BCUT2D eigenvalue weighted by atomic mass is 32.1. The number of aliphatic hydroxyl groups excluding tert-OH is 1. The second kappa shape index (κ2) is 14.9. The van der Waals surface area contributed by atoms with Crippen LogP contribution in [0.25, 0.3) is 0 Å². The molecule has 2 saturated heterocycles. The number of nitrogens with two attached hydrogens (primary N) is 1. The highest BCUT2D eigenvalue weighted by Gasteiger charge is 2.57. The molecule has 0 spiro atoms. The van der Waals surface area contributed by atoms with Gasteiger partial charge in [0, 0.05) is 43.3 Å². The summed E-state index contributed by atoms with van der Waals surface area (Å²) in [5.41, 5.74) is 9.87. The number of nitrogens with zero attached hydrogens (tertiary/aromatic N) is 2. The summed E-state index contributed by atoms with van der Waals surface area (Å²) in [4.78, 5) is 19.2. The van der Waals surface area contributed by atoms with Crippen LogP contribution in [0.5, 0.6) is 5.75 Å². The van der Waals surface area contributed by atoms with Crippen molar-refractivity contribution in [3.8, 4) is 5.75 Å². The Morgan fingerprint density at radius 1 is 1.16 bits per heavy atom. The Bertz CT molecular complexity index is 1390. The minimum atomic E-state index is -1.38. The third kappa shape index (κ3) is 8.32. The molecular weight excluding hydrogens is 596 g/mol. The maximum atomic E-state index is 12.6. The first-order valence-corrected chi connectivity index (χ1v) is 16.3. The molecule has 0 aliphatic carbocycles. The highest BCUT2D eigenvalue weighted by molar-refractivity contribution is 7.09. The van der Waals surface area contributed by atoms with Crippen molar-refractivity contribution in [1.29, 1.82) is 0 Å². The minimum Gasteiger partial charge on any atom is -0.487 e. The average Bonchev–Trinajstić information content (AvgIpc) is 3.74. The van der Waals surface area contributed by atoms with Crippen LogP contribution in [0.2, 0.25) is 0 Å². The molecule has 3 heterocycles. The number of hydrogen-bond acceptors (Lipinski definition) is 11. The summed E-state index contributed by atoms with van der Waals surface area (Å²) in [6.45, 7) is 8.86. The second-order valence-electron chi connectivity index (χ2n) is 12.4. The van der Waals surface area contributed by atoms with Crippen LogP contribution < -0.4 is 16.0 Å². The first-order chi connectivity index (χ1) is 21.6. The number of aromatic nitrogens is 1. The monoisotopic (exact) mass is 640 g/mol. The molecule has 12 heteroatoms. The third-order valence-corrected chi connectivity index (χ3v) is 9.35. The van der Waals surface area contributed by atoms with E-state index in [1.165, 1.54) is 0 Å². The lowest BCUT2D eigenvalue weighted by molar-refractivity contribution is -0.132. The van der Waals surface area contributed by atoms with Gasteiger partial charge in [-0.3, -0.25) is 15.6 Å². The molecule has 2 fully saturated rings. The molecule has 5 N–H and O–H groups in total. The number of primary amides is 1. The van der Waals surface area contributed by atoms with E-state index < -0.39 is 24.1 Å². The Labute approximate surface area is 268 Å². The first-order valence-electron chi connectivity index (χ1n) is 15.4. The number of aliphatic hydroxyl groups is 1. The molecule has 0 radical (unpaired) electrons.